The van der Waals surface area contributed by atoms with Crippen LogP contribution in [0.25, 0.3) is 0 Å². The first kappa shape index (κ1) is 11.5. The van der Waals surface area contributed by atoms with Crippen LogP contribution in [0.2, 0.25) is 0 Å². The molecule has 0 amide bonds. The Morgan fingerprint density at radius 1 is 1.39 bits per heavy atom. The summed E-state index contributed by atoms with van der Waals surface area (Å²) in [5, 5.41) is 3.28. The zero-order chi connectivity index (χ0) is 12.2. The lowest BCUT2D eigenvalue weighted by Gasteiger charge is -2.14. The van der Waals surface area contributed by atoms with Gasteiger partial charge in [0, 0.05) is 13.2 Å². The summed E-state index contributed by atoms with van der Waals surface area (Å²) >= 11 is 0. The van der Waals surface area contributed by atoms with Gasteiger partial charge in [-0.2, -0.15) is 0 Å². The molecule has 0 aliphatic carbocycles. The smallest absolute Gasteiger partial charge is 0.132 e. The number of amidine groups is 1. The van der Waals surface area contributed by atoms with Crippen LogP contribution in [-0.2, 0) is 4.74 Å². The van der Waals surface area contributed by atoms with E-state index < -0.39 is 0 Å². The van der Waals surface area contributed by atoms with E-state index in [1.807, 2.05) is 24.3 Å². The lowest BCUT2D eigenvalue weighted by Crippen LogP contribution is -2.22. The lowest BCUT2D eigenvalue weighted by atomic mass is 10.2. The summed E-state index contributed by atoms with van der Waals surface area (Å²) in [4.78, 5) is 4.44. The molecule has 2 aliphatic rings. The second kappa shape index (κ2) is 5.40. The van der Waals surface area contributed by atoms with Crippen LogP contribution >= 0.6 is 0 Å². The molecular weight excluding hydrogens is 228 g/mol. The highest BCUT2D eigenvalue weighted by Crippen LogP contribution is 2.21. The zero-order valence-corrected chi connectivity index (χ0v) is 10.4. The highest BCUT2D eigenvalue weighted by molar-refractivity contribution is 6.02. The molecule has 4 heteroatoms. The Labute approximate surface area is 107 Å². The minimum absolute atomic E-state index is 0.247. The van der Waals surface area contributed by atoms with Crippen LogP contribution in [-0.4, -0.2) is 38.2 Å². The largest absolute Gasteiger partial charge is 0.490 e. The monoisotopic (exact) mass is 246 g/mol. The summed E-state index contributed by atoms with van der Waals surface area (Å²) in [7, 11) is 0. The predicted octanol–water partition coefficient (Wildman–Crippen LogP) is 1.59. The molecule has 1 N–H and O–H groups in total. The minimum atomic E-state index is 0.247. The molecule has 1 aromatic rings. The van der Waals surface area contributed by atoms with Crippen LogP contribution in [0.1, 0.15) is 18.4 Å². The van der Waals surface area contributed by atoms with Crippen molar-refractivity contribution in [2.24, 2.45) is 4.99 Å². The van der Waals surface area contributed by atoms with Crippen molar-refractivity contribution in [1.29, 1.82) is 0 Å². The van der Waals surface area contributed by atoms with Crippen molar-refractivity contribution in [1.82, 2.24) is 5.32 Å². The molecular formula is C14H18N2O2. The van der Waals surface area contributed by atoms with Gasteiger partial charge in [-0.15, -0.1) is 0 Å². The van der Waals surface area contributed by atoms with E-state index in [9.17, 15) is 0 Å². The van der Waals surface area contributed by atoms with E-state index in [1.165, 1.54) is 0 Å². The minimum Gasteiger partial charge on any atom is -0.490 e. The molecule has 3 rings (SSSR count). The Bertz CT molecular complexity index is 439. The molecule has 1 unspecified atom stereocenters. The number of ether oxygens (including phenoxy) is 2. The summed E-state index contributed by atoms with van der Waals surface area (Å²) in [6.45, 7) is 3.25. The summed E-state index contributed by atoms with van der Waals surface area (Å²) in [5.74, 6) is 1.83. The van der Waals surface area contributed by atoms with Crippen molar-refractivity contribution in [3.8, 4) is 5.75 Å². The van der Waals surface area contributed by atoms with Crippen LogP contribution in [0.15, 0.2) is 29.3 Å². The van der Waals surface area contributed by atoms with Crippen molar-refractivity contribution in [2.75, 3.05) is 26.3 Å². The Morgan fingerprint density at radius 3 is 3.11 bits per heavy atom. The number of hydrogen-bond acceptors (Lipinski definition) is 4. The number of rotatable bonds is 4. The van der Waals surface area contributed by atoms with E-state index >= 15 is 0 Å². The third kappa shape index (κ3) is 2.48. The molecule has 96 valence electrons. The van der Waals surface area contributed by atoms with Crippen LogP contribution in [0, 0.1) is 0 Å². The summed E-state index contributed by atoms with van der Waals surface area (Å²) in [6, 6.07) is 8.04. The Morgan fingerprint density at radius 2 is 2.33 bits per heavy atom. The predicted molar refractivity (Wildman–Crippen MR) is 70.3 cm³/mol. The van der Waals surface area contributed by atoms with Crippen LogP contribution < -0.4 is 10.1 Å². The Kier molecular flexibility index (Phi) is 3.46. The van der Waals surface area contributed by atoms with Gasteiger partial charge in [-0.25, -0.2) is 0 Å². The molecule has 0 bridgehead atoms. The number of nitrogens with one attached hydrogen (secondary N) is 1. The van der Waals surface area contributed by atoms with Crippen molar-refractivity contribution >= 4 is 5.84 Å². The number of para-hydroxylation sites is 1. The molecule has 4 nitrogen and oxygen atoms in total. The zero-order valence-electron chi connectivity index (χ0n) is 10.4. The molecule has 1 aromatic carbocycles. The molecule has 0 spiro atoms. The van der Waals surface area contributed by atoms with Crippen molar-refractivity contribution in [2.45, 2.75) is 18.9 Å². The maximum Gasteiger partial charge on any atom is 0.132 e. The number of nitrogens with zero attached hydrogens (tertiary/aromatic N) is 1. The quantitative estimate of drug-likeness (QED) is 0.877. The molecule has 2 aliphatic heterocycles. The molecule has 1 saturated heterocycles. The standard InChI is InChI=1S/C14H18N2O2/c1-2-6-13(18-10-11-4-3-9-17-11)12(5-1)14-15-7-8-16-14/h1-2,5-6,11H,3-4,7-10H2,(H,15,16). The van der Waals surface area contributed by atoms with Gasteiger partial charge in [0.25, 0.3) is 0 Å². The third-order valence-electron chi connectivity index (χ3n) is 3.27. The number of benzene rings is 1. The number of aliphatic imine (C=N–C) groups is 1. The number of hydrogen-bond donors (Lipinski definition) is 1. The first-order chi connectivity index (χ1) is 8.93. The van der Waals surface area contributed by atoms with Crippen LogP contribution in [0.5, 0.6) is 5.75 Å². The third-order valence-corrected chi connectivity index (χ3v) is 3.27. The maximum atomic E-state index is 5.89. The SMILES string of the molecule is c1ccc(C2=NCCN2)c(OCC2CCCO2)c1. The van der Waals surface area contributed by atoms with Crippen LogP contribution in [0.4, 0.5) is 0 Å². The highest BCUT2D eigenvalue weighted by Gasteiger charge is 2.18. The van der Waals surface area contributed by atoms with Gasteiger partial charge in [0.05, 0.1) is 18.2 Å². The fraction of sp³-hybridized carbons (Fsp3) is 0.500. The van der Waals surface area contributed by atoms with Gasteiger partial charge in [0.2, 0.25) is 0 Å². The van der Waals surface area contributed by atoms with Gasteiger partial charge < -0.3 is 14.8 Å². The topological polar surface area (TPSA) is 42.9 Å². The van der Waals surface area contributed by atoms with Crippen molar-refractivity contribution in [3.05, 3.63) is 29.8 Å². The molecule has 0 saturated carbocycles. The van der Waals surface area contributed by atoms with E-state index in [4.69, 9.17) is 9.47 Å². The summed E-state index contributed by atoms with van der Waals surface area (Å²) < 4.78 is 11.5. The van der Waals surface area contributed by atoms with E-state index in [2.05, 4.69) is 10.3 Å². The highest BCUT2D eigenvalue weighted by atomic mass is 16.5. The van der Waals surface area contributed by atoms with E-state index in [0.29, 0.717) is 6.61 Å². The average molecular weight is 246 g/mol. The molecule has 0 aromatic heterocycles. The normalized spacial score (nSPS) is 22.7. The van der Waals surface area contributed by atoms with Crippen molar-refractivity contribution in [3.63, 3.8) is 0 Å². The summed E-state index contributed by atoms with van der Waals surface area (Å²) in [5.41, 5.74) is 1.05. The van der Waals surface area contributed by atoms with Crippen LogP contribution in [0.3, 0.4) is 0 Å². The molecule has 2 heterocycles. The molecule has 1 fully saturated rings. The fourth-order valence-corrected chi connectivity index (χ4v) is 2.32. The van der Waals surface area contributed by atoms with Gasteiger partial charge in [-0.05, 0) is 25.0 Å². The first-order valence-electron chi connectivity index (χ1n) is 6.55. The van der Waals surface area contributed by atoms with E-state index in [0.717, 1.165) is 49.7 Å². The summed E-state index contributed by atoms with van der Waals surface area (Å²) in [6.07, 6.45) is 2.49. The van der Waals surface area contributed by atoms with Gasteiger partial charge in [0.15, 0.2) is 0 Å². The van der Waals surface area contributed by atoms with E-state index in [-0.39, 0.29) is 6.10 Å². The van der Waals surface area contributed by atoms with Gasteiger partial charge in [-0.3, -0.25) is 4.99 Å². The van der Waals surface area contributed by atoms with E-state index in [1.54, 1.807) is 0 Å². The van der Waals surface area contributed by atoms with Gasteiger partial charge in [-0.1, -0.05) is 12.1 Å². The maximum absolute atomic E-state index is 5.89. The second-order valence-electron chi connectivity index (χ2n) is 4.60. The van der Waals surface area contributed by atoms with Crippen molar-refractivity contribution < 1.29 is 9.47 Å². The van der Waals surface area contributed by atoms with Gasteiger partial charge >= 0.3 is 0 Å². The molecule has 0 radical (unpaired) electrons. The lowest BCUT2D eigenvalue weighted by molar-refractivity contribution is 0.0679. The Balaban J connectivity index is 1.70. The van der Waals surface area contributed by atoms with Gasteiger partial charge in [0.1, 0.15) is 18.2 Å². The Hall–Kier alpha value is -1.55. The average Bonchev–Trinajstić information content (AvgIpc) is 3.10. The molecule has 1 atom stereocenters. The molecule has 18 heavy (non-hydrogen) atoms. The fourth-order valence-electron chi connectivity index (χ4n) is 2.32. The first-order valence-corrected chi connectivity index (χ1v) is 6.55. The second-order valence-corrected chi connectivity index (χ2v) is 4.60.